The first kappa shape index (κ1) is 32.3. The molecule has 12 nitrogen and oxygen atoms in total. The molecule has 1 aliphatic rings. The summed E-state index contributed by atoms with van der Waals surface area (Å²) in [5, 5.41) is 7.57. The molecule has 1 heterocycles. The van der Waals surface area contributed by atoms with Crippen molar-refractivity contribution in [3.05, 3.63) is 24.7 Å². The van der Waals surface area contributed by atoms with Crippen LogP contribution in [0.5, 0.6) is 0 Å². The fraction of sp³-hybridized carbons (Fsp3) is 0.615. The number of Topliss-reactive ketones (excluding diaryl/α,β-unsaturated/α-hetero) is 1. The van der Waals surface area contributed by atoms with Crippen LogP contribution < -0.4 is 16.0 Å². The first-order chi connectivity index (χ1) is 17.9. The molecule has 0 radical (unpaired) electrons. The van der Waals surface area contributed by atoms with Crippen molar-refractivity contribution >= 4 is 35.9 Å². The van der Waals surface area contributed by atoms with Gasteiger partial charge in [-0.1, -0.05) is 40.7 Å². The Hall–Kier alpha value is -3.70. The van der Waals surface area contributed by atoms with Crippen LogP contribution in [-0.2, 0) is 33.4 Å². The Balaban J connectivity index is 2.84. The molecule has 3 N–H and O–H groups in total. The van der Waals surface area contributed by atoms with Crippen molar-refractivity contribution in [1.82, 2.24) is 20.9 Å². The third kappa shape index (κ3) is 9.98. The summed E-state index contributed by atoms with van der Waals surface area (Å²) < 4.78 is 10.1. The molecule has 0 aromatic carbocycles. The van der Waals surface area contributed by atoms with Gasteiger partial charge in [0.1, 0.15) is 31.0 Å². The van der Waals surface area contributed by atoms with Crippen molar-refractivity contribution in [1.29, 1.82) is 0 Å². The van der Waals surface area contributed by atoms with E-state index in [2.05, 4.69) is 22.5 Å². The Kier molecular flexibility index (Phi) is 13.2. The molecule has 3 atom stereocenters. The second-order valence-electron chi connectivity index (χ2n) is 9.89. The predicted molar refractivity (Wildman–Crippen MR) is 138 cm³/mol. The largest absolute Gasteiger partial charge is 0.467 e. The summed E-state index contributed by atoms with van der Waals surface area (Å²) in [6, 6.07) is -3.57. The van der Waals surface area contributed by atoms with Gasteiger partial charge in [0.15, 0.2) is 6.29 Å². The van der Waals surface area contributed by atoms with E-state index in [1.165, 1.54) is 11.2 Å². The van der Waals surface area contributed by atoms with Crippen LogP contribution >= 0.6 is 0 Å². The summed E-state index contributed by atoms with van der Waals surface area (Å²) in [7, 11) is 0. The average molecular weight is 537 g/mol. The number of allylic oxidation sites excluding steroid dienone is 1. The molecular weight excluding hydrogens is 496 g/mol. The van der Waals surface area contributed by atoms with Crippen molar-refractivity contribution < 1.29 is 38.2 Å². The van der Waals surface area contributed by atoms with Crippen LogP contribution in [0, 0.1) is 5.41 Å². The van der Waals surface area contributed by atoms with Gasteiger partial charge in [-0.2, -0.15) is 0 Å². The van der Waals surface area contributed by atoms with Gasteiger partial charge in [-0.25, -0.2) is 4.79 Å². The number of carbonyl (C=O) groups is 6. The van der Waals surface area contributed by atoms with Gasteiger partial charge in [0, 0.05) is 6.54 Å². The molecule has 4 amide bonds. The van der Waals surface area contributed by atoms with E-state index in [-0.39, 0.29) is 12.9 Å². The fourth-order valence-electron chi connectivity index (χ4n) is 3.87. The number of hydrogen-bond donors (Lipinski definition) is 3. The lowest BCUT2D eigenvalue weighted by Crippen LogP contribution is -2.60. The molecule has 38 heavy (non-hydrogen) atoms. The summed E-state index contributed by atoms with van der Waals surface area (Å²) in [4.78, 5) is 75.2. The zero-order valence-corrected chi connectivity index (χ0v) is 22.8. The molecule has 1 fully saturated rings. The van der Waals surface area contributed by atoms with E-state index in [0.717, 1.165) is 0 Å². The van der Waals surface area contributed by atoms with E-state index in [0.29, 0.717) is 38.0 Å². The van der Waals surface area contributed by atoms with E-state index in [1.54, 1.807) is 33.8 Å². The van der Waals surface area contributed by atoms with E-state index in [1.807, 2.05) is 6.92 Å². The fourth-order valence-corrected chi connectivity index (χ4v) is 3.87. The Morgan fingerprint density at radius 3 is 2.39 bits per heavy atom. The summed E-state index contributed by atoms with van der Waals surface area (Å²) >= 11 is 0. The molecule has 0 bridgehead atoms. The SMILES string of the molecule is C=CO/C(=C\C)COC(=O)CNC(=O)NC(C(=O)N1CCCC1C(=O)NC(CCC)C(=O)C=O)C(C)(C)C. The number of aldehydes is 1. The number of ether oxygens (including phenoxy) is 2. The van der Waals surface area contributed by atoms with Crippen LogP contribution in [0.25, 0.3) is 0 Å². The first-order valence-electron chi connectivity index (χ1n) is 12.6. The smallest absolute Gasteiger partial charge is 0.325 e. The van der Waals surface area contributed by atoms with Crippen molar-refractivity contribution in [3.8, 4) is 0 Å². The van der Waals surface area contributed by atoms with E-state index < -0.39 is 59.7 Å². The second-order valence-corrected chi connectivity index (χ2v) is 9.89. The molecule has 12 heteroatoms. The molecule has 0 aromatic heterocycles. The first-order valence-corrected chi connectivity index (χ1v) is 12.6. The van der Waals surface area contributed by atoms with Crippen LogP contribution in [0.3, 0.4) is 0 Å². The molecule has 3 unspecified atom stereocenters. The van der Waals surface area contributed by atoms with Crippen LogP contribution in [0.15, 0.2) is 24.7 Å². The third-order valence-corrected chi connectivity index (χ3v) is 5.91. The average Bonchev–Trinajstić information content (AvgIpc) is 3.36. The molecule has 0 spiro atoms. The number of ketones is 1. The van der Waals surface area contributed by atoms with E-state index in [9.17, 15) is 28.8 Å². The molecule has 212 valence electrons. The van der Waals surface area contributed by atoms with Crippen LogP contribution in [0.1, 0.15) is 60.3 Å². The van der Waals surface area contributed by atoms with E-state index >= 15 is 0 Å². The zero-order chi connectivity index (χ0) is 28.9. The molecule has 1 rings (SSSR count). The Morgan fingerprint density at radius 2 is 1.84 bits per heavy atom. The summed E-state index contributed by atoms with van der Waals surface area (Å²) in [5.41, 5.74) is -0.736. The van der Waals surface area contributed by atoms with E-state index in [4.69, 9.17) is 9.47 Å². The highest BCUT2D eigenvalue weighted by Gasteiger charge is 2.42. The maximum atomic E-state index is 13.5. The van der Waals surface area contributed by atoms with Gasteiger partial charge in [-0.3, -0.25) is 24.0 Å². The minimum Gasteiger partial charge on any atom is -0.467 e. The lowest BCUT2D eigenvalue weighted by molar-refractivity contribution is -0.142. The molecule has 0 saturated carbocycles. The highest BCUT2D eigenvalue weighted by Crippen LogP contribution is 2.26. The van der Waals surface area contributed by atoms with Crippen molar-refractivity contribution in [2.75, 3.05) is 19.7 Å². The van der Waals surface area contributed by atoms with Crippen molar-refractivity contribution in [3.63, 3.8) is 0 Å². The quantitative estimate of drug-likeness (QED) is 0.130. The molecule has 0 aliphatic carbocycles. The summed E-state index contributed by atoms with van der Waals surface area (Å²) in [5.74, 6) is -2.06. The summed E-state index contributed by atoms with van der Waals surface area (Å²) in [6.45, 7) is 11.9. The van der Waals surface area contributed by atoms with Crippen LogP contribution in [0.2, 0.25) is 0 Å². The van der Waals surface area contributed by atoms with Gasteiger partial charge >= 0.3 is 12.0 Å². The lowest BCUT2D eigenvalue weighted by Gasteiger charge is -2.35. The Bertz CT molecular complexity index is 925. The number of carbonyl (C=O) groups excluding carboxylic acids is 6. The minimum absolute atomic E-state index is 0.135. The van der Waals surface area contributed by atoms with Gasteiger partial charge in [0.25, 0.3) is 0 Å². The highest BCUT2D eigenvalue weighted by molar-refractivity contribution is 6.28. The topological polar surface area (TPSA) is 160 Å². The maximum absolute atomic E-state index is 13.5. The third-order valence-electron chi connectivity index (χ3n) is 5.91. The number of hydrogen-bond acceptors (Lipinski definition) is 8. The second kappa shape index (κ2) is 15.5. The highest BCUT2D eigenvalue weighted by atomic mass is 16.6. The predicted octanol–water partition coefficient (Wildman–Crippen LogP) is 1.35. The van der Waals surface area contributed by atoms with Gasteiger partial charge in [0.05, 0.1) is 12.3 Å². The number of nitrogens with one attached hydrogen (secondary N) is 3. The van der Waals surface area contributed by atoms with Gasteiger partial charge in [0.2, 0.25) is 17.6 Å². The van der Waals surface area contributed by atoms with Gasteiger partial charge in [-0.05, 0) is 37.7 Å². The van der Waals surface area contributed by atoms with Gasteiger partial charge < -0.3 is 30.3 Å². The standard InChI is InChI=1S/C26H40N4O8/c1-7-11-18(20(32)15-31)28-23(34)19-12-10-13-30(19)24(35)22(26(4,5)6)29-25(36)27-14-21(33)38-16-17(8-2)37-9-3/h8-9,15,18-19,22H,3,7,10-14,16H2,1-2,4-6H3,(H,28,34)(H2,27,29,36)/b17-8-. The molecular formula is C26H40N4O8. The molecule has 1 aliphatic heterocycles. The van der Waals surface area contributed by atoms with Crippen molar-refractivity contribution in [2.24, 2.45) is 5.41 Å². The summed E-state index contributed by atoms with van der Waals surface area (Å²) in [6.07, 6.45) is 4.80. The lowest BCUT2D eigenvalue weighted by atomic mass is 9.85. The minimum atomic E-state index is -1.02. The zero-order valence-electron chi connectivity index (χ0n) is 22.8. The van der Waals surface area contributed by atoms with Gasteiger partial charge in [-0.15, -0.1) is 0 Å². The number of nitrogens with zero attached hydrogens (tertiary/aromatic N) is 1. The molecule has 0 aromatic rings. The molecule has 1 saturated heterocycles. The number of likely N-dealkylation sites (tertiary alicyclic amines) is 1. The number of rotatable bonds is 14. The number of amides is 4. The monoisotopic (exact) mass is 536 g/mol. The van der Waals surface area contributed by atoms with Crippen molar-refractivity contribution in [2.45, 2.75) is 78.4 Å². The Labute approximate surface area is 223 Å². The van der Waals surface area contributed by atoms with Crippen LogP contribution in [0.4, 0.5) is 4.79 Å². The Morgan fingerprint density at radius 1 is 1.16 bits per heavy atom. The number of esters is 1. The van der Waals surface area contributed by atoms with Crippen LogP contribution in [-0.4, -0.2) is 78.6 Å². The number of urea groups is 1. The maximum Gasteiger partial charge on any atom is 0.325 e. The normalized spacial score (nSPS) is 17.0.